The molecule has 1 aromatic carbocycles. The van der Waals surface area contributed by atoms with Crippen molar-refractivity contribution >= 4 is 68.7 Å². The van der Waals surface area contributed by atoms with Crippen LogP contribution in [0.15, 0.2) is 47.2 Å². The van der Waals surface area contributed by atoms with Gasteiger partial charge in [-0.1, -0.05) is 6.07 Å². The van der Waals surface area contributed by atoms with Crippen LogP contribution in [0.2, 0.25) is 0 Å². The van der Waals surface area contributed by atoms with E-state index in [1.807, 2.05) is 16.8 Å². The van der Waals surface area contributed by atoms with Crippen LogP contribution in [0.3, 0.4) is 0 Å². The summed E-state index contributed by atoms with van der Waals surface area (Å²) in [6.45, 7) is 1.44. The van der Waals surface area contributed by atoms with Gasteiger partial charge in [-0.2, -0.15) is 0 Å². The minimum absolute atomic E-state index is 0.122. The van der Waals surface area contributed by atoms with Gasteiger partial charge in [0.2, 0.25) is 11.8 Å². The Morgan fingerprint density at radius 2 is 1.72 bits per heavy atom. The Kier molecular flexibility index (Phi) is 7.39. The van der Waals surface area contributed by atoms with Gasteiger partial charge in [0.05, 0.1) is 16.3 Å². The van der Waals surface area contributed by atoms with Crippen LogP contribution in [0.1, 0.15) is 22.3 Å². The molecule has 0 fully saturated rings. The molecule has 3 amide bonds. The normalized spacial score (nSPS) is 10.4. The third kappa shape index (κ3) is 6.70. The van der Waals surface area contributed by atoms with Gasteiger partial charge in [0.25, 0.3) is 5.91 Å². The van der Waals surface area contributed by atoms with Gasteiger partial charge >= 0.3 is 0 Å². The van der Waals surface area contributed by atoms with Crippen LogP contribution in [0, 0.1) is 0 Å². The fourth-order valence-electron chi connectivity index (χ4n) is 2.28. The summed E-state index contributed by atoms with van der Waals surface area (Å²) in [7, 11) is 0. The first kappa shape index (κ1) is 21.0. The number of thioether (sulfide) groups is 1. The maximum atomic E-state index is 12.1. The van der Waals surface area contributed by atoms with E-state index in [0.29, 0.717) is 27.1 Å². The molecule has 0 aliphatic rings. The van der Waals surface area contributed by atoms with Crippen molar-refractivity contribution in [3.05, 3.63) is 57.7 Å². The lowest BCUT2D eigenvalue weighted by molar-refractivity contribution is -0.114. The number of thiazole rings is 1. The number of anilines is 3. The zero-order valence-corrected chi connectivity index (χ0v) is 17.9. The van der Waals surface area contributed by atoms with Crippen molar-refractivity contribution in [3.63, 3.8) is 0 Å². The van der Waals surface area contributed by atoms with Gasteiger partial charge in [-0.25, -0.2) is 4.98 Å². The van der Waals surface area contributed by atoms with E-state index in [4.69, 9.17) is 0 Å². The number of hydrogen-bond donors (Lipinski definition) is 3. The highest BCUT2D eigenvalue weighted by atomic mass is 32.2. The minimum atomic E-state index is -0.169. The molecule has 0 spiro atoms. The molecule has 0 radical (unpaired) electrons. The van der Waals surface area contributed by atoms with E-state index in [2.05, 4.69) is 20.9 Å². The van der Waals surface area contributed by atoms with Crippen molar-refractivity contribution < 1.29 is 14.4 Å². The molecular weight excluding hydrogens is 428 g/mol. The quantitative estimate of drug-likeness (QED) is 0.479. The molecule has 0 saturated heterocycles. The number of hydrogen-bond acceptors (Lipinski definition) is 7. The van der Waals surface area contributed by atoms with Crippen LogP contribution in [-0.4, -0.2) is 28.5 Å². The second-order valence-corrected chi connectivity index (χ2v) is 8.67. The van der Waals surface area contributed by atoms with Gasteiger partial charge < -0.3 is 10.6 Å². The van der Waals surface area contributed by atoms with E-state index in [1.165, 1.54) is 41.4 Å². The number of carbonyl (C=O) groups is 3. The van der Waals surface area contributed by atoms with E-state index >= 15 is 0 Å². The van der Waals surface area contributed by atoms with Crippen molar-refractivity contribution in [2.75, 3.05) is 21.7 Å². The molecule has 0 saturated carbocycles. The Hall–Kier alpha value is -2.69. The summed E-state index contributed by atoms with van der Waals surface area (Å²) in [6.07, 6.45) is 0. The number of benzene rings is 1. The van der Waals surface area contributed by atoms with Crippen molar-refractivity contribution in [1.29, 1.82) is 0 Å². The third-order valence-electron chi connectivity index (χ3n) is 3.49. The van der Waals surface area contributed by atoms with Crippen LogP contribution in [-0.2, 0) is 15.3 Å². The number of rotatable bonds is 8. The summed E-state index contributed by atoms with van der Waals surface area (Å²) in [4.78, 5) is 40.1. The van der Waals surface area contributed by atoms with E-state index in [1.54, 1.807) is 30.3 Å². The van der Waals surface area contributed by atoms with Crippen molar-refractivity contribution in [2.45, 2.75) is 12.7 Å². The van der Waals surface area contributed by atoms with Gasteiger partial charge in [0, 0.05) is 29.4 Å². The Balaban J connectivity index is 1.40. The molecule has 0 aliphatic carbocycles. The van der Waals surface area contributed by atoms with Crippen LogP contribution in [0.4, 0.5) is 16.5 Å². The molecule has 0 unspecified atom stereocenters. The molecule has 0 atom stereocenters. The Morgan fingerprint density at radius 3 is 2.38 bits per heavy atom. The Bertz CT molecular complexity index is 985. The first-order valence-electron chi connectivity index (χ1n) is 8.54. The molecule has 10 heteroatoms. The Morgan fingerprint density at radius 1 is 1.00 bits per heavy atom. The molecule has 0 bridgehead atoms. The van der Waals surface area contributed by atoms with E-state index in [9.17, 15) is 14.4 Å². The molecule has 3 aromatic rings. The molecule has 150 valence electrons. The fourth-order valence-corrected chi connectivity index (χ4v) is 4.43. The first-order chi connectivity index (χ1) is 14.0. The highest BCUT2D eigenvalue weighted by Gasteiger charge is 2.10. The predicted octanol–water partition coefficient (Wildman–Crippen LogP) is 4.29. The topological polar surface area (TPSA) is 100 Å². The lowest BCUT2D eigenvalue weighted by Gasteiger charge is -2.06. The molecule has 2 aromatic heterocycles. The monoisotopic (exact) mass is 446 g/mol. The van der Waals surface area contributed by atoms with Gasteiger partial charge in [-0.05, 0) is 35.7 Å². The SMILES string of the molecule is CC(=O)Nc1ccc(NC(=O)CSCc2csc(NC(=O)c3cccs3)n2)cc1. The lowest BCUT2D eigenvalue weighted by atomic mass is 10.3. The van der Waals surface area contributed by atoms with Crippen molar-refractivity contribution in [2.24, 2.45) is 0 Å². The van der Waals surface area contributed by atoms with E-state index in [-0.39, 0.29) is 23.5 Å². The highest BCUT2D eigenvalue weighted by Crippen LogP contribution is 2.21. The second kappa shape index (κ2) is 10.2. The minimum Gasteiger partial charge on any atom is -0.326 e. The second-order valence-electron chi connectivity index (χ2n) is 5.87. The number of amides is 3. The van der Waals surface area contributed by atoms with Gasteiger partial charge in [-0.3, -0.25) is 19.7 Å². The van der Waals surface area contributed by atoms with Crippen LogP contribution >= 0.6 is 34.4 Å². The summed E-state index contributed by atoms with van der Waals surface area (Å²) >= 11 is 4.18. The smallest absolute Gasteiger partial charge is 0.267 e. The summed E-state index contributed by atoms with van der Waals surface area (Å²) in [5.74, 6) is 0.415. The first-order valence-corrected chi connectivity index (χ1v) is 11.5. The molecule has 3 rings (SSSR count). The molecule has 3 N–H and O–H groups in total. The van der Waals surface area contributed by atoms with Crippen LogP contribution in [0.5, 0.6) is 0 Å². The predicted molar refractivity (Wildman–Crippen MR) is 120 cm³/mol. The van der Waals surface area contributed by atoms with Crippen molar-refractivity contribution in [1.82, 2.24) is 4.98 Å². The summed E-state index contributed by atoms with van der Waals surface area (Å²) in [6, 6.07) is 10.5. The molecule has 2 heterocycles. The zero-order chi connectivity index (χ0) is 20.6. The fraction of sp³-hybridized carbons (Fsp3) is 0.158. The average molecular weight is 447 g/mol. The molecule has 7 nitrogen and oxygen atoms in total. The number of thiophene rings is 1. The molecule has 29 heavy (non-hydrogen) atoms. The maximum Gasteiger partial charge on any atom is 0.267 e. The molecule has 0 aliphatic heterocycles. The number of carbonyl (C=O) groups excluding carboxylic acids is 3. The van der Waals surface area contributed by atoms with Gasteiger partial charge in [-0.15, -0.1) is 34.4 Å². The number of nitrogens with zero attached hydrogens (tertiary/aromatic N) is 1. The highest BCUT2D eigenvalue weighted by molar-refractivity contribution is 7.99. The van der Waals surface area contributed by atoms with Crippen LogP contribution in [0.25, 0.3) is 0 Å². The Labute approximate surface area is 179 Å². The zero-order valence-electron chi connectivity index (χ0n) is 15.4. The number of nitrogens with one attached hydrogen (secondary N) is 3. The summed E-state index contributed by atoms with van der Waals surface area (Å²) in [5, 5.41) is 12.5. The van der Waals surface area contributed by atoms with E-state index < -0.39 is 0 Å². The third-order valence-corrected chi connectivity index (χ3v) is 6.13. The molecular formula is C19H18N4O3S3. The average Bonchev–Trinajstić information content (AvgIpc) is 3.35. The van der Waals surface area contributed by atoms with Gasteiger partial charge in [0.1, 0.15) is 0 Å². The summed E-state index contributed by atoms with van der Waals surface area (Å²) in [5.41, 5.74) is 2.15. The van der Waals surface area contributed by atoms with E-state index in [0.717, 1.165) is 5.69 Å². The maximum absolute atomic E-state index is 12.1. The number of aromatic nitrogens is 1. The standard InChI is InChI=1S/C19H18N4O3S3/c1-12(24)20-13-4-6-14(7-5-13)21-17(25)11-27-9-15-10-29-19(22-15)23-18(26)16-3-2-8-28-16/h2-8,10H,9,11H2,1H3,(H,20,24)(H,21,25)(H,22,23,26). The van der Waals surface area contributed by atoms with Gasteiger partial charge in [0.15, 0.2) is 5.13 Å². The lowest BCUT2D eigenvalue weighted by Crippen LogP contribution is -2.14. The summed E-state index contributed by atoms with van der Waals surface area (Å²) < 4.78 is 0. The van der Waals surface area contributed by atoms with Crippen LogP contribution < -0.4 is 16.0 Å². The largest absolute Gasteiger partial charge is 0.326 e. The van der Waals surface area contributed by atoms with Crippen molar-refractivity contribution in [3.8, 4) is 0 Å².